The molecule has 0 aromatic heterocycles. The third-order valence-electron chi connectivity index (χ3n) is 4.03. The summed E-state index contributed by atoms with van der Waals surface area (Å²) in [6.45, 7) is 0.330. The van der Waals surface area contributed by atoms with Gasteiger partial charge in [0.1, 0.15) is 5.82 Å². The molecule has 4 heteroatoms. The van der Waals surface area contributed by atoms with E-state index in [-0.39, 0.29) is 11.7 Å². The monoisotopic (exact) mass is 341 g/mol. The molecule has 1 amide bonds. The van der Waals surface area contributed by atoms with Crippen LogP contribution in [-0.2, 0) is 11.3 Å². The second-order valence-electron chi connectivity index (χ2n) is 5.69. The van der Waals surface area contributed by atoms with Crippen LogP contribution in [0, 0.1) is 11.7 Å². The Bertz CT molecular complexity index is 472. The highest BCUT2D eigenvalue weighted by Gasteiger charge is 2.19. The van der Waals surface area contributed by atoms with Gasteiger partial charge in [-0.05, 0) is 37.0 Å². The van der Waals surface area contributed by atoms with Gasteiger partial charge >= 0.3 is 0 Å². The molecule has 0 atom stereocenters. The summed E-state index contributed by atoms with van der Waals surface area (Å²) in [5, 5.41) is 0. The van der Waals surface area contributed by atoms with Crippen molar-refractivity contribution in [1.82, 2.24) is 4.90 Å². The molecule has 0 unspecified atom stereocenters. The van der Waals surface area contributed by atoms with E-state index in [0.29, 0.717) is 24.4 Å². The Labute approximate surface area is 128 Å². The standard InChI is InChI=1S/C16H21BrFNO/c1-19(11-13-10-14(17)7-8-15(13)18)16(20)9-12-5-3-2-4-6-12/h7-8,10,12H,2-6,9,11H2,1H3. The predicted octanol–water partition coefficient (Wildman–Crippen LogP) is 4.52. The third-order valence-corrected chi connectivity index (χ3v) is 4.52. The van der Waals surface area contributed by atoms with Crippen LogP contribution in [-0.4, -0.2) is 17.9 Å². The molecule has 0 bridgehead atoms. The summed E-state index contributed by atoms with van der Waals surface area (Å²) in [6, 6.07) is 4.83. The fourth-order valence-electron chi connectivity index (χ4n) is 2.80. The lowest BCUT2D eigenvalue weighted by molar-refractivity contribution is -0.131. The molecule has 2 rings (SSSR count). The summed E-state index contributed by atoms with van der Waals surface area (Å²) in [5.41, 5.74) is 0.555. The molecule has 0 N–H and O–H groups in total. The molecule has 110 valence electrons. The smallest absolute Gasteiger partial charge is 0.222 e. The van der Waals surface area contributed by atoms with Gasteiger partial charge in [-0.25, -0.2) is 4.39 Å². The number of carbonyl (C=O) groups excluding carboxylic acids is 1. The van der Waals surface area contributed by atoms with Crippen molar-refractivity contribution < 1.29 is 9.18 Å². The lowest BCUT2D eigenvalue weighted by atomic mass is 9.86. The van der Waals surface area contributed by atoms with Crippen molar-refractivity contribution in [2.24, 2.45) is 5.92 Å². The second-order valence-corrected chi connectivity index (χ2v) is 6.61. The molecule has 1 fully saturated rings. The lowest BCUT2D eigenvalue weighted by Crippen LogP contribution is -2.28. The van der Waals surface area contributed by atoms with Crippen LogP contribution in [0.2, 0.25) is 0 Å². The van der Waals surface area contributed by atoms with Gasteiger partial charge in [0.25, 0.3) is 0 Å². The van der Waals surface area contributed by atoms with Gasteiger partial charge < -0.3 is 4.90 Å². The van der Waals surface area contributed by atoms with Gasteiger partial charge in [-0.1, -0.05) is 35.2 Å². The van der Waals surface area contributed by atoms with Crippen molar-refractivity contribution in [1.29, 1.82) is 0 Å². The Morgan fingerprint density at radius 2 is 2.05 bits per heavy atom. The molecule has 0 heterocycles. The minimum Gasteiger partial charge on any atom is -0.341 e. The number of hydrogen-bond donors (Lipinski definition) is 0. The maximum absolute atomic E-state index is 13.7. The van der Waals surface area contributed by atoms with Crippen LogP contribution in [0.5, 0.6) is 0 Å². The molecule has 0 saturated heterocycles. The Morgan fingerprint density at radius 1 is 1.35 bits per heavy atom. The molecule has 0 radical (unpaired) electrons. The van der Waals surface area contributed by atoms with Gasteiger partial charge in [-0.2, -0.15) is 0 Å². The van der Waals surface area contributed by atoms with E-state index in [0.717, 1.165) is 17.3 Å². The first kappa shape index (κ1) is 15.5. The first-order chi connectivity index (χ1) is 9.56. The summed E-state index contributed by atoms with van der Waals surface area (Å²) in [6.07, 6.45) is 6.69. The van der Waals surface area contributed by atoms with Gasteiger partial charge in [-0.15, -0.1) is 0 Å². The van der Waals surface area contributed by atoms with Crippen LogP contribution < -0.4 is 0 Å². The highest BCUT2D eigenvalue weighted by atomic mass is 79.9. The van der Waals surface area contributed by atoms with E-state index in [4.69, 9.17) is 0 Å². The number of carbonyl (C=O) groups is 1. The van der Waals surface area contributed by atoms with Crippen LogP contribution in [0.25, 0.3) is 0 Å². The Balaban J connectivity index is 1.91. The van der Waals surface area contributed by atoms with E-state index < -0.39 is 0 Å². The van der Waals surface area contributed by atoms with E-state index in [2.05, 4.69) is 15.9 Å². The zero-order valence-electron chi connectivity index (χ0n) is 11.9. The number of benzene rings is 1. The minimum atomic E-state index is -0.259. The molecule has 2 nitrogen and oxygen atoms in total. The average molecular weight is 342 g/mol. The fraction of sp³-hybridized carbons (Fsp3) is 0.562. The highest BCUT2D eigenvalue weighted by molar-refractivity contribution is 9.10. The van der Waals surface area contributed by atoms with Crippen LogP contribution in [0.3, 0.4) is 0 Å². The molecule has 1 aromatic carbocycles. The maximum Gasteiger partial charge on any atom is 0.222 e. The van der Waals surface area contributed by atoms with Crippen LogP contribution in [0.15, 0.2) is 22.7 Å². The van der Waals surface area contributed by atoms with Crippen molar-refractivity contribution in [2.45, 2.75) is 45.1 Å². The van der Waals surface area contributed by atoms with Crippen molar-refractivity contribution in [3.05, 3.63) is 34.1 Å². The van der Waals surface area contributed by atoms with Crippen LogP contribution in [0.1, 0.15) is 44.1 Å². The van der Waals surface area contributed by atoms with Crippen molar-refractivity contribution in [3.8, 4) is 0 Å². The molecule has 0 aliphatic heterocycles. The largest absolute Gasteiger partial charge is 0.341 e. The second kappa shape index (κ2) is 7.21. The molecule has 1 aromatic rings. The zero-order chi connectivity index (χ0) is 14.5. The normalized spacial score (nSPS) is 16.1. The summed E-state index contributed by atoms with van der Waals surface area (Å²) in [5.74, 6) is 0.382. The first-order valence-corrected chi connectivity index (χ1v) is 8.03. The molecule has 1 saturated carbocycles. The SMILES string of the molecule is CN(Cc1cc(Br)ccc1F)C(=O)CC1CCCCC1. The Hall–Kier alpha value is -0.900. The van der Waals surface area contributed by atoms with E-state index >= 15 is 0 Å². The maximum atomic E-state index is 13.7. The van der Waals surface area contributed by atoms with Gasteiger partial charge in [0.05, 0.1) is 0 Å². The number of rotatable bonds is 4. The molecular formula is C16H21BrFNO. The summed E-state index contributed by atoms with van der Waals surface area (Å²) in [4.78, 5) is 13.8. The molecule has 1 aliphatic carbocycles. The fourth-order valence-corrected chi connectivity index (χ4v) is 3.21. The first-order valence-electron chi connectivity index (χ1n) is 7.24. The number of amides is 1. The minimum absolute atomic E-state index is 0.122. The van der Waals surface area contributed by atoms with E-state index in [1.54, 1.807) is 24.1 Å². The molecular weight excluding hydrogens is 321 g/mol. The van der Waals surface area contributed by atoms with Gasteiger partial charge in [0.15, 0.2) is 0 Å². The topological polar surface area (TPSA) is 20.3 Å². The lowest BCUT2D eigenvalue weighted by Gasteiger charge is -2.24. The number of hydrogen-bond acceptors (Lipinski definition) is 1. The zero-order valence-corrected chi connectivity index (χ0v) is 13.5. The van der Waals surface area contributed by atoms with Gasteiger partial charge in [0, 0.05) is 30.0 Å². The quantitative estimate of drug-likeness (QED) is 0.788. The highest BCUT2D eigenvalue weighted by Crippen LogP contribution is 2.27. The number of nitrogens with zero attached hydrogens (tertiary/aromatic N) is 1. The van der Waals surface area contributed by atoms with Crippen LogP contribution >= 0.6 is 15.9 Å². The number of halogens is 2. The van der Waals surface area contributed by atoms with Gasteiger partial charge in [0.2, 0.25) is 5.91 Å². The Kier molecular flexibility index (Phi) is 5.58. The van der Waals surface area contributed by atoms with E-state index in [1.807, 2.05) is 0 Å². The summed E-state index contributed by atoms with van der Waals surface area (Å²) >= 11 is 3.33. The van der Waals surface area contributed by atoms with Gasteiger partial charge in [-0.3, -0.25) is 4.79 Å². The predicted molar refractivity (Wildman–Crippen MR) is 81.8 cm³/mol. The molecule has 0 spiro atoms. The van der Waals surface area contributed by atoms with E-state index in [1.165, 1.54) is 25.3 Å². The van der Waals surface area contributed by atoms with E-state index in [9.17, 15) is 9.18 Å². The summed E-state index contributed by atoms with van der Waals surface area (Å²) in [7, 11) is 1.76. The Morgan fingerprint density at radius 3 is 2.75 bits per heavy atom. The average Bonchev–Trinajstić information content (AvgIpc) is 2.44. The van der Waals surface area contributed by atoms with Crippen molar-refractivity contribution >= 4 is 21.8 Å². The van der Waals surface area contributed by atoms with Crippen molar-refractivity contribution in [2.75, 3.05) is 7.05 Å². The summed E-state index contributed by atoms with van der Waals surface area (Å²) < 4.78 is 14.5. The molecule has 20 heavy (non-hydrogen) atoms. The molecule has 1 aliphatic rings. The van der Waals surface area contributed by atoms with Crippen molar-refractivity contribution in [3.63, 3.8) is 0 Å². The van der Waals surface area contributed by atoms with Crippen LogP contribution in [0.4, 0.5) is 4.39 Å². The third kappa shape index (κ3) is 4.30.